The Morgan fingerprint density at radius 2 is 2.08 bits per heavy atom. The second-order valence-electron chi connectivity index (χ2n) is 2.74. The number of benzene rings is 1. The summed E-state index contributed by atoms with van der Waals surface area (Å²) in [6.07, 6.45) is 0. The minimum Gasteiger partial charge on any atom is -0.376 e. The van der Waals surface area contributed by atoms with Crippen molar-refractivity contribution in [2.24, 2.45) is 11.5 Å². The van der Waals surface area contributed by atoms with Crippen LogP contribution in [0.3, 0.4) is 0 Å². The zero-order valence-electron chi connectivity index (χ0n) is 7.29. The first-order chi connectivity index (χ1) is 6.22. The SMILES string of the molecule is NCc1cccc(CNC(N)=S)c1. The van der Waals surface area contributed by atoms with E-state index in [1.54, 1.807) is 0 Å². The fraction of sp³-hybridized carbons (Fsp3) is 0.222. The number of hydrogen-bond acceptors (Lipinski definition) is 2. The Morgan fingerprint density at radius 3 is 2.69 bits per heavy atom. The molecule has 0 heterocycles. The molecule has 70 valence electrons. The molecule has 0 atom stereocenters. The molecule has 0 unspecified atom stereocenters. The summed E-state index contributed by atoms with van der Waals surface area (Å²) >= 11 is 4.70. The maximum Gasteiger partial charge on any atom is 0.163 e. The molecule has 1 aromatic rings. The third kappa shape index (κ3) is 3.40. The van der Waals surface area contributed by atoms with E-state index in [9.17, 15) is 0 Å². The van der Waals surface area contributed by atoms with Crippen LogP contribution in [0.4, 0.5) is 0 Å². The van der Waals surface area contributed by atoms with Gasteiger partial charge in [0.1, 0.15) is 0 Å². The van der Waals surface area contributed by atoms with Gasteiger partial charge in [0.25, 0.3) is 0 Å². The van der Waals surface area contributed by atoms with Gasteiger partial charge in [0.15, 0.2) is 5.11 Å². The molecule has 4 heteroatoms. The average molecular weight is 195 g/mol. The van der Waals surface area contributed by atoms with E-state index in [2.05, 4.69) is 5.32 Å². The molecule has 0 aliphatic rings. The molecule has 5 N–H and O–H groups in total. The van der Waals surface area contributed by atoms with Crippen LogP contribution < -0.4 is 16.8 Å². The molecule has 0 fully saturated rings. The fourth-order valence-electron chi connectivity index (χ4n) is 1.06. The Bertz CT molecular complexity index is 299. The van der Waals surface area contributed by atoms with Crippen molar-refractivity contribution in [3.05, 3.63) is 35.4 Å². The highest BCUT2D eigenvalue weighted by molar-refractivity contribution is 7.80. The van der Waals surface area contributed by atoms with Crippen LogP contribution in [0.5, 0.6) is 0 Å². The third-order valence-electron chi connectivity index (χ3n) is 1.69. The first kappa shape index (κ1) is 9.95. The van der Waals surface area contributed by atoms with Gasteiger partial charge in [-0.15, -0.1) is 0 Å². The summed E-state index contributed by atoms with van der Waals surface area (Å²) in [4.78, 5) is 0. The van der Waals surface area contributed by atoms with Crippen molar-refractivity contribution in [1.29, 1.82) is 0 Å². The van der Waals surface area contributed by atoms with Gasteiger partial charge in [0.05, 0.1) is 0 Å². The molecule has 0 spiro atoms. The van der Waals surface area contributed by atoms with Crippen molar-refractivity contribution in [1.82, 2.24) is 5.32 Å². The maximum atomic E-state index is 5.50. The van der Waals surface area contributed by atoms with Crippen molar-refractivity contribution < 1.29 is 0 Å². The molecule has 0 saturated carbocycles. The standard InChI is InChI=1S/C9H13N3S/c10-5-7-2-1-3-8(4-7)6-12-9(11)13/h1-4H,5-6,10H2,(H3,11,12,13). The van der Waals surface area contributed by atoms with Gasteiger partial charge in [-0.05, 0) is 23.3 Å². The van der Waals surface area contributed by atoms with Crippen LogP contribution in [0, 0.1) is 0 Å². The van der Waals surface area contributed by atoms with Gasteiger partial charge in [0.2, 0.25) is 0 Å². The van der Waals surface area contributed by atoms with Crippen molar-refractivity contribution in [3.63, 3.8) is 0 Å². The predicted octanol–water partition coefficient (Wildman–Crippen LogP) is 0.479. The number of nitrogens with one attached hydrogen (secondary N) is 1. The topological polar surface area (TPSA) is 64.1 Å². The second kappa shape index (κ2) is 4.79. The predicted molar refractivity (Wildman–Crippen MR) is 58.0 cm³/mol. The van der Waals surface area contributed by atoms with Crippen molar-refractivity contribution >= 4 is 17.3 Å². The summed E-state index contributed by atoms with van der Waals surface area (Å²) < 4.78 is 0. The summed E-state index contributed by atoms with van der Waals surface area (Å²) in [5.74, 6) is 0. The molecule has 3 nitrogen and oxygen atoms in total. The normalized spacial score (nSPS) is 9.62. The molecule has 0 aromatic heterocycles. The number of rotatable bonds is 3. The maximum absolute atomic E-state index is 5.50. The number of nitrogens with two attached hydrogens (primary N) is 2. The van der Waals surface area contributed by atoms with Gasteiger partial charge >= 0.3 is 0 Å². The van der Waals surface area contributed by atoms with Gasteiger partial charge in [-0.25, -0.2) is 0 Å². The number of thiocarbonyl (C=S) groups is 1. The van der Waals surface area contributed by atoms with E-state index in [0.29, 0.717) is 18.2 Å². The summed E-state index contributed by atoms with van der Waals surface area (Å²) in [5, 5.41) is 3.20. The van der Waals surface area contributed by atoms with E-state index >= 15 is 0 Å². The Morgan fingerprint density at radius 1 is 1.38 bits per heavy atom. The van der Waals surface area contributed by atoms with Gasteiger partial charge in [0, 0.05) is 13.1 Å². The highest BCUT2D eigenvalue weighted by atomic mass is 32.1. The lowest BCUT2D eigenvalue weighted by Gasteiger charge is -2.05. The van der Waals surface area contributed by atoms with Crippen LogP contribution in [0.1, 0.15) is 11.1 Å². The number of hydrogen-bond donors (Lipinski definition) is 3. The zero-order valence-corrected chi connectivity index (χ0v) is 8.10. The molecule has 0 amide bonds. The van der Waals surface area contributed by atoms with Crippen molar-refractivity contribution in [3.8, 4) is 0 Å². The van der Waals surface area contributed by atoms with Crippen LogP contribution in [0.15, 0.2) is 24.3 Å². The van der Waals surface area contributed by atoms with E-state index in [1.165, 1.54) is 0 Å². The smallest absolute Gasteiger partial charge is 0.163 e. The van der Waals surface area contributed by atoms with Crippen LogP contribution in [-0.2, 0) is 13.1 Å². The Balaban J connectivity index is 2.61. The largest absolute Gasteiger partial charge is 0.376 e. The molecule has 0 bridgehead atoms. The van der Waals surface area contributed by atoms with Gasteiger partial charge in [-0.2, -0.15) is 0 Å². The van der Waals surface area contributed by atoms with Gasteiger partial charge in [-0.1, -0.05) is 24.3 Å². The van der Waals surface area contributed by atoms with E-state index in [1.807, 2.05) is 24.3 Å². The van der Waals surface area contributed by atoms with Crippen molar-refractivity contribution in [2.75, 3.05) is 0 Å². The zero-order chi connectivity index (χ0) is 9.68. The monoisotopic (exact) mass is 195 g/mol. The highest BCUT2D eigenvalue weighted by Gasteiger charge is 1.94. The quantitative estimate of drug-likeness (QED) is 0.614. The second-order valence-corrected chi connectivity index (χ2v) is 3.18. The fourth-order valence-corrected chi connectivity index (χ4v) is 1.13. The third-order valence-corrected chi connectivity index (χ3v) is 1.84. The lowest BCUT2D eigenvalue weighted by atomic mass is 10.1. The van der Waals surface area contributed by atoms with Crippen LogP contribution >= 0.6 is 12.2 Å². The van der Waals surface area contributed by atoms with Gasteiger partial charge in [-0.3, -0.25) is 0 Å². The highest BCUT2D eigenvalue weighted by Crippen LogP contribution is 2.03. The Hall–Kier alpha value is -1.13. The Labute approximate surface area is 83.1 Å². The summed E-state index contributed by atoms with van der Waals surface area (Å²) in [6, 6.07) is 8.00. The molecular formula is C9H13N3S. The first-order valence-electron chi connectivity index (χ1n) is 4.03. The molecule has 1 aromatic carbocycles. The molecule has 0 aliphatic carbocycles. The minimum absolute atomic E-state index is 0.318. The average Bonchev–Trinajstić information content (AvgIpc) is 2.15. The van der Waals surface area contributed by atoms with Gasteiger partial charge < -0.3 is 16.8 Å². The minimum atomic E-state index is 0.318. The molecule has 1 rings (SSSR count). The van der Waals surface area contributed by atoms with E-state index < -0.39 is 0 Å². The van der Waals surface area contributed by atoms with Crippen LogP contribution in [0.2, 0.25) is 0 Å². The van der Waals surface area contributed by atoms with E-state index in [-0.39, 0.29) is 0 Å². The summed E-state index contributed by atoms with van der Waals surface area (Å²) in [5.41, 5.74) is 13.1. The van der Waals surface area contributed by atoms with Crippen LogP contribution in [-0.4, -0.2) is 5.11 Å². The molecule has 0 saturated heterocycles. The van der Waals surface area contributed by atoms with Crippen LogP contribution in [0.25, 0.3) is 0 Å². The van der Waals surface area contributed by atoms with E-state index in [0.717, 1.165) is 11.1 Å². The first-order valence-corrected chi connectivity index (χ1v) is 4.44. The lowest BCUT2D eigenvalue weighted by molar-refractivity contribution is 0.913. The molecule has 0 aliphatic heterocycles. The molecular weight excluding hydrogens is 182 g/mol. The van der Waals surface area contributed by atoms with Crippen molar-refractivity contribution in [2.45, 2.75) is 13.1 Å². The summed E-state index contributed by atoms with van der Waals surface area (Å²) in [6.45, 7) is 1.21. The lowest BCUT2D eigenvalue weighted by Crippen LogP contribution is -2.28. The molecule has 13 heavy (non-hydrogen) atoms. The molecule has 0 radical (unpaired) electrons. The summed E-state index contributed by atoms with van der Waals surface area (Å²) in [7, 11) is 0. The Kier molecular flexibility index (Phi) is 3.67. The van der Waals surface area contributed by atoms with E-state index in [4.69, 9.17) is 23.7 Å².